The highest BCUT2D eigenvalue weighted by Gasteiger charge is 2.26. The van der Waals surface area contributed by atoms with Crippen molar-refractivity contribution in [2.75, 3.05) is 19.7 Å². The third-order valence-electron chi connectivity index (χ3n) is 4.28. The lowest BCUT2D eigenvalue weighted by atomic mass is 10.2. The number of halogens is 1. The number of carbonyl (C=O) groups excluding carboxylic acids is 1. The van der Waals surface area contributed by atoms with Gasteiger partial charge in [-0.15, -0.1) is 0 Å². The van der Waals surface area contributed by atoms with Gasteiger partial charge in [0, 0.05) is 24.7 Å². The quantitative estimate of drug-likeness (QED) is 0.764. The predicted molar refractivity (Wildman–Crippen MR) is 103 cm³/mol. The van der Waals surface area contributed by atoms with Crippen LogP contribution in [0.3, 0.4) is 0 Å². The summed E-state index contributed by atoms with van der Waals surface area (Å²) in [5, 5.41) is 3.28. The van der Waals surface area contributed by atoms with Crippen LogP contribution in [0.1, 0.15) is 18.4 Å². The third-order valence-corrected chi connectivity index (χ3v) is 6.43. The van der Waals surface area contributed by atoms with Crippen molar-refractivity contribution in [3.8, 4) is 5.75 Å². The van der Waals surface area contributed by atoms with Crippen LogP contribution in [0.4, 0.5) is 0 Å². The monoisotopic (exact) mass is 408 g/mol. The largest absolute Gasteiger partial charge is 0.484 e. The second-order valence-electron chi connectivity index (χ2n) is 6.28. The first-order chi connectivity index (χ1) is 12.9. The molecule has 1 aliphatic heterocycles. The molecular weight excluding hydrogens is 388 g/mol. The van der Waals surface area contributed by atoms with Gasteiger partial charge in [0.15, 0.2) is 6.61 Å². The van der Waals surface area contributed by atoms with Crippen LogP contribution in [-0.2, 0) is 21.4 Å². The smallest absolute Gasteiger partial charge is 0.258 e. The van der Waals surface area contributed by atoms with E-state index in [9.17, 15) is 13.2 Å². The van der Waals surface area contributed by atoms with Gasteiger partial charge in [0.2, 0.25) is 10.0 Å². The lowest BCUT2D eigenvalue weighted by molar-refractivity contribution is -0.123. The molecule has 0 bridgehead atoms. The molecule has 1 amide bonds. The molecule has 144 valence electrons. The number of amides is 1. The molecule has 1 heterocycles. The van der Waals surface area contributed by atoms with Crippen molar-refractivity contribution < 1.29 is 17.9 Å². The van der Waals surface area contributed by atoms with Gasteiger partial charge in [-0.2, -0.15) is 4.31 Å². The number of sulfonamides is 1. The Morgan fingerprint density at radius 1 is 1.11 bits per heavy atom. The SMILES string of the molecule is O=C(COc1cccc(Cl)c1)NCc1ccc(S(=O)(=O)N2CCCC2)cc1. The van der Waals surface area contributed by atoms with E-state index in [1.807, 2.05) is 0 Å². The molecule has 2 aromatic carbocycles. The summed E-state index contributed by atoms with van der Waals surface area (Å²) < 4.78 is 31.9. The second kappa shape index (κ2) is 8.73. The maximum atomic E-state index is 12.5. The van der Waals surface area contributed by atoms with E-state index in [1.165, 1.54) is 4.31 Å². The maximum Gasteiger partial charge on any atom is 0.258 e. The molecule has 1 fully saturated rings. The predicted octanol–water partition coefficient (Wildman–Crippen LogP) is 2.82. The molecule has 27 heavy (non-hydrogen) atoms. The third kappa shape index (κ3) is 5.22. The number of benzene rings is 2. The molecular formula is C19H21ClN2O4S. The molecule has 0 aromatic heterocycles. The Morgan fingerprint density at radius 3 is 2.48 bits per heavy atom. The summed E-state index contributed by atoms with van der Waals surface area (Å²) in [6, 6.07) is 13.4. The lowest BCUT2D eigenvalue weighted by Crippen LogP contribution is -2.29. The number of rotatable bonds is 7. The van der Waals surface area contributed by atoms with E-state index in [0.717, 1.165) is 18.4 Å². The minimum Gasteiger partial charge on any atom is -0.484 e. The van der Waals surface area contributed by atoms with Crippen LogP contribution in [0.25, 0.3) is 0 Å². The van der Waals surface area contributed by atoms with Crippen molar-refractivity contribution >= 4 is 27.5 Å². The summed E-state index contributed by atoms with van der Waals surface area (Å²) >= 11 is 5.86. The molecule has 1 N–H and O–H groups in total. The Bertz CT molecular complexity index is 894. The van der Waals surface area contributed by atoms with Crippen molar-refractivity contribution in [3.05, 3.63) is 59.1 Å². The lowest BCUT2D eigenvalue weighted by Gasteiger charge is -2.15. The van der Waals surface area contributed by atoms with Gasteiger partial charge in [0.05, 0.1) is 4.90 Å². The van der Waals surface area contributed by atoms with E-state index in [-0.39, 0.29) is 17.4 Å². The van der Waals surface area contributed by atoms with Crippen molar-refractivity contribution in [3.63, 3.8) is 0 Å². The van der Waals surface area contributed by atoms with Crippen molar-refractivity contribution in [2.24, 2.45) is 0 Å². The Morgan fingerprint density at radius 2 is 1.81 bits per heavy atom. The molecule has 0 unspecified atom stereocenters. The standard InChI is InChI=1S/C19H21ClN2O4S/c20-16-4-3-5-17(12-16)26-14-19(23)21-13-15-6-8-18(9-7-15)27(24,25)22-10-1-2-11-22/h3-9,12H,1-2,10-11,13-14H2,(H,21,23). The average molecular weight is 409 g/mol. The Labute approximate surface area is 164 Å². The Balaban J connectivity index is 1.50. The highest BCUT2D eigenvalue weighted by Crippen LogP contribution is 2.21. The van der Waals surface area contributed by atoms with Crippen LogP contribution < -0.4 is 10.1 Å². The van der Waals surface area contributed by atoms with E-state index >= 15 is 0 Å². The van der Waals surface area contributed by atoms with Crippen LogP contribution in [0, 0.1) is 0 Å². The molecule has 1 aliphatic rings. The first kappa shape index (κ1) is 19.7. The summed E-state index contributed by atoms with van der Waals surface area (Å²) in [5.41, 5.74) is 0.812. The summed E-state index contributed by atoms with van der Waals surface area (Å²) in [7, 11) is -3.41. The molecule has 2 aromatic rings. The zero-order chi connectivity index (χ0) is 19.3. The van der Waals surface area contributed by atoms with E-state index in [4.69, 9.17) is 16.3 Å². The molecule has 0 aliphatic carbocycles. The molecule has 3 rings (SSSR count). The van der Waals surface area contributed by atoms with Crippen LogP contribution in [0.2, 0.25) is 5.02 Å². The number of carbonyl (C=O) groups is 1. The molecule has 0 radical (unpaired) electrons. The number of ether oxygens (including phenoxy) is 1. The second-order valence-corrected chi connectivity index (χ2v) is 8.65. The number of hydrogen-bond donors (Lipinski definition) is 1. The maximum absolute atomic E-state index is 12.5. The number of nitrogens with one attached hydrogen (secondary N) is 1. The zero-order valence-electron chi connectivity index (χ0n) is 14.7. The minimum atomic E-state index is -3.41. The van der Waals surface area contributed by atoms with Gasteiger partial charge in [-0.3, -0.25) is 4.79 Å². The molecule has 0 spiro atoms. The first-order valence-corrected chi connectivity index (χ1v) is 10.5. The van der Waals surface area contributed by atoms with Gasteiger partial charge in [0.25, 0.3) is 5.91 Å². The summed E-state index contributed by atoms with van der Waals surface area (Å²) in [5.74, 6) is 0.248. The van der Waals surface area contributed by atoms with Crippen LogP contribution in [0.15, 0.2) is 53.4 Å². The van der Waals surface area contributed by atoms with Gasteiger partial charge in [-0.25, -0.2) is 8.42 Å². The van der Waals surface area contributed by atoms with Gasteiger partial charge in [-0.05, 0) is 48.7 Å². The molecule has 8 heteroatoms. The highest BCUT2D eigenvalue weighted by atomic mass is 35.5. The fraction of sp³-hybridized carbons (Fsp3) is 0.316. The fourth-order valence-electron chi connectivity index (χ4n) is 2.81. The van der Waals surface area contributed by atoms with E-state index in [0.29, 0.717) is 30.4 Å². The zero-order valence-corrected chi connectivity index (χ0v) is 16.3. The summed E-state index contributed by atoms with van der Waals surface area (Å²) in [6.07, 6.45) is 1.81. The van der Waals surface area contributed by atoms with Gasteiger partial charge < -0.3 is 10.1 Å². The van der Waals surface area contributed by atoms with E-state index in [1.54, 1.807) is 48.5 Å². The average Bonchev–Trinajstić information content (AvgIpc) is 3.21. The number of hydrogen-bond acceptors (Lipinski definition) is 4. The Hall–Kier alpha value is -2.09. The normalized spacial score (nSPS) is 14.9. The van der Waals surface area contributed by atoms with Crippen LogP contribution in [0.5, 0.6) is 5.75 Å². The molecule has 0 saturated carbocycles. The van der Waals surface area contributed by atoms with Crippen molar-refractivity contribution in [1.82, 2.24) is 9.62 Å². The van der Waals surface area contributed by atoms with Gasteiger partial charge in [0.1, 0.15) is 5.75 Å². The topological polar surface area (TPSA) is 75.7 Å². The van der Waals surface area contributed by atoms with E-state index < -0.39 is 10.0 Å². The van der Waals surface area contributed by atoms with Crippen molar-refractivity contribution in [1.29, 1.82) is 0 Å². The highest BCUT2D eigenvalue weighted by molar-refractivity contribution is 7.89. The summed E-state index contributed by atoms with van der Waals surface area (Å²) in [6.45, 7) is 1.32. The molecule has 6 nitrogen and oxygen atoms in total. The minimum absolute atomic E-state index is 0.123. The fourth-order valence-corrected chi connectivity index (χ4v) is 4.51. The Kier molecular flexibility index (Phi) is 6.36. The molecule has 1 saturated heterocycles. The number of nitrogens with zero attached hydrogens (tertiary/aromatic N) is 1. The first-order valence-electron chi connectivity index (χ1n) is 8.69. The van der Waals surface area contributed by atoms with E-state index in [2.05, 4.69) is 5.32 Å². The molecule has 0 atom stereocenters. The van der Waals surface area contributed by atoms with Gasteiger partial charge in [-0.1, -0.05) is 29.8 Å². The van der Waals surface area contributed by atoms with Crippen LogP contribution >= 0.6 is 11.6 Å². The summed E-state index contributed by atoms with van der Waals surface area (Å²) in [4.78, 5) is 12.2. The van der Waals surface area contributed by atoms with Crippen LogP contribution in [-0.4, -0.2) is 38.3 Å². The van der Waals surface area contributed by atoms with Gasteiger partial charge >= 0.3 is 0 Å². The van der Waals surface area contributed by atoms with Crippen molar-refractivity contribution in [2.45, 2.75) is 24.3 Å².